The highest BCUT2D eigenvalue weighted by Gasteiger charge is 2.36. The van der Waals surface area contributed by atoms with Crippen LogP contribution in [0.25, 0.3) is 11.3 Å². The van der Waals surface area contributed by atoms with E-state index in [4.69, 9.17) is 4.74 Å². The number of nitrogens with one attached hydrogen (secondary N) is 1. The maximum absolute atomic E-state index is 14.2. The van der Waals surface area contributed by atoms with Crippen LogP contribution in [0.2, 0.25) is 0 Å². The first-order valence-electron chi connectivity index (χ1n) is 14.7. The second-order valence-electron chi connectivity index (χ2n) is 12.0. The molecule has 5 rings (SSSR count). The highest BCUT2D eigenvalue weighted by atomic mass is 32.2. The molecule has 4 bridgehead atoms. The number of aromatic nitrogens is 2. The predicted octanol–water partition coefficient (Wildman–Crippen LogP) is 5.36. The number of carbonyl (C=O) groups excluding carboxylic acids is 1. The van der Waals surface area contributed by atoms with Gasteiger partial charge in [-0.25, -0.2) is 18.1 Å². The Morgan fingerprint density at radius 1 is 1.02 bits per heavy atom. The summed E-state index contributed by atoms with van der Waals surface area (Å²) in [5.41, 5.74) is 3.72. The molecule has 224 valence electrons. The molecule has 42 heavy (non-hydrogen) atoms. The average Bonchev–Trinajstić information content (AvgIpc) is 2.95. The third kappa shape index (κ3) is 6.44. The minimum Gasteiger partial charge on any atom is -0.475 e. The molecular formula is C32H40N4O5S. The number of hydrogen-bond donors (Lipinski definition) is 2. The third-order valence-corrected chi connectivity index (χ3v) is 9.65. The maximum Gasteiger partial charge on any atom is 0.264 e. The molecular weight excluding hydrogens is 552 g/mol. The Labute approximate surface area is 248 Å². The minimum atomic E-state index is -4.12. The van der Waals surface area contributed by atoms with Crippen LogP contribution in [-0.2, 0) is 10.0 Å². The van der Waals surface area contributed by atoms with E-state index in [1.54, 1.807) is 18.2 Å². The van der Waals surface area contributed by atoms with Crippen LogP contribution in [0.15, 0.2) is 53.4 Å². The van der Waals surface area contributed by atoms with Crippen LogP contribution in [0.5, 0.6) is 5.88 Å². The van der Waals surface area contributed by atoms with Crippen molar-refractivity contribution in [2.24, 2.45) is 11.8 Å². The van der Waals surface area contributed by atoms with E-state index < -0.39 is 10.0 Å². The van der Waals surface area contributed by atoms with Crippen molar-refractivity contribution in [1.29, 1.82) is 0 Å². The van der Waals surface area contributed by atoms with Crippen LogP contribution in [0.3, 0.4) is 0 Å². The number of fused-ring (bicyclic) bond motifs is 4. The number of carbonyl (C=O) groups is 1. The third-order valence-electron chi connectivity index (χ3n) is 8.32. The van der Waals surface area contributed by atoms with Gasteiger partial charge in [-0.2, -0.15) is 4.98 Å². The molecule has 2 heterocycles. The number of rotatable bonds is 5. The summed E-state index contributed by atoms with van der Waals surface area (Å²) in [5.74, 6) is 0.423. The number of ether oxygens (including phenoxy) is 1. The molecule has 0 spiro atoms. The molecule has 1 atom stereocenters. The Morgan fingerprint density at radius 3 is 2.38 bits per heavy atom. The van der Waals surface area contributed by atoms with Gasteiger partial charge < -0.3 is 14.7 Å². The summed E-state index contributed by atoms with van der Waals surface area (Å²) in [4.78, 5) is 25.2. The van der Waals surface area contributed by atoms with E-state index in [0.717, 1.165) is 42.4 Å². The number of nitrogens with zero attached hydrogens (tertiary/aromatic N) is 3. The van der Waals surface area contributed by atoms with E-state index >= 15 is 0 Å². The standard InChI is InChI=1S/C32H40N4O5S/c1-20(2)15-26-19-41-29-17-28(30-21(3)7-5-8-22(30)4)33-32(34-29)35-42(39,40)27-10-6-9-24(16-27)31(38)36(26)25-13-11-23(18-37)12-14-25/h5-10,16-17,20,23,25-26,37H,11-15,18-19H2,1-4H3,(H,33,34,35)/t23?,25?,26-/m1/s1. The molecule has 9 nitrogen and oxygen atoms in total. The number of aryl methyl sites for hydroxylation is 2. The van der Waals surface area contributed by atoms with Gasteiger partial charge in [-0.05, 0) is 87.1 Å². The molecule has 1 amide bonds. The first kappa shape index (κ1) is 30.0. The molecule has 1 fully saturated rings. The first-order valence-corrected chi connectivity index (χ1v) is 16.2. The number of aliphatic hydroxyl groups is 1. The molecule has 2 N–H and O–H groups in total. The second-order valence-corrected chi connectivity index (χ2v) is 13.7. The number of aliphatic hydroxyl groups excluding tert-OH is 1. The van der Waals surface area contributed by atoms with Crippen molar-refractivity contribution >= 4 is 21.9 Å². The van der Waals surface area contributed by atoms with Gasteiger partial charge in [0.2, 0.25) is 11.8 Å². The number of hydrogen-bond acceptors (Lipinski definition) is 7. The molecule has 1 aliphatic carbocycles. The lowest BCUT2D eigenvalue weighted by Crippen LogP contribution is -2.51. The first-order chi connectivity index (χ1) is 20.1. The molecule has 1 aromatic heterocycles. The van der Waals surface area contributed by atoms with Crippen LogP contribution in [0.4, 0.5) is 5.95 Å². The second kappa shape index (κ2) is 12.4. The fourth-order valence-corrected chi connectivity index (χ4v) is 7.23. The van der Waals surface area contributed by atoms with Crippen molar-refractivity contribution in [3.63, 3.8) is 0 Å². The Balaban J connectivity index is 1.64. The van der Waals surface area contributed by atoms with Gasteiger partial charge in [-0.3, -0.25) is 4.79 Å². The summed E-state index contributed by atoms with van der Waals surface area (Å²) in [7, 11) is -4.12. The number of sulfonamides is 1. The van der Waals surface area contributed by atoms with E-state index in [-0.39, 0.29) is 59.8 Å². The summed E-state index contributed by atoms with van der Waals surface area (Å²) in [6.07, 6.45) is 3.88. The Kier molecular flexibility index (Phi) is 8.84. The van der Waals surface area contributed by atoms with Gasteiger partial charge in [0, 0.05) is 29.8 Å². The molecule has 3 aromatic rings. The number of benzene rings is 2. The minimum absolute atomic E-state index is 0.0412. The fourth-order valence-electron chi connectivity index (χ4n) is 6.24. The predicted molar refractivity (Wildman–Crippen MR) is 162 cm³/mol. The summed E-state index contributed by atoms with van der Waals surface area (Å²) in [6, 6.07) is 13.5. The van der Waals surface area contributed by atoms with E-state index in [1.807, 2.05) is 36.9 Å². The van der Waals surface area contributed by atoms with Crippen molar-refractivity contribution < 1.29 is 23.1 Å². The van der Waals surface area contributed by atoms with Gasteiger partial charge in [0.05, 0.1) is 16.6 Å². The number of anilines is 1. The van der Waals surface area contributed by atoms with Gasteiger partial charge in [0.15, 0.2) is 0 Å². The smallest absolute Gasteiger partial charge is 0.264 e. The topological polar surface area (TPSA) is 122 Å². The molecule has 10 heteroatoms. The van der Waals surface area contributed by atoms with Crippen molar-refractivity contribution in [3.05, 3.63) is 65.2 Å². The Bertz CT molecular complexity index is 1530. The maximum atomic E-state index is 14.2. The van der Waals surface area contributed by atoms with Crippen LogP contribution in [0, 0.1) is 25.7 Å². The lowest BCUT2D eigenvalue weighted by molar-refractivity contribution is 0.0314. The van der Waals surface area contributed by atoms with Gasteiger partial charge in [0.1, 0.15) is 6.61 Å². The summed E-state index contributed by atoms with van der Waals surface area (Å²) in [5, 5.41) is 9.72. The normalized spacial score (nSPS) is 22.4. The van der Waals surface area contributed by atoms with Crippen molar-refractivity contribution in [2.45, 2.75) is 76.8 Å². The largest absolute Gasteiger partial charge is 0.475 e. The van der Waals surface area contributed by atoms with Gasteiger partial charge in [0.25, 0.3) is 15.9 Å². The average molecular weight is 593 g/mol. The summed E-state index contributed by atoms with van der Waals surface area (Å²) < 4.78 is 35.9. The van der Waals surface area contributed by atoms with Crippen molar-refractivity contribution in [3.8, 4) is 17.1 Å². The lowest BCUT2D eigenvalue weighted by Gasteiger charge is -2.42. The monoisotopic (exact) mass is 592 g/mol. The molecule has 1 saturated carbocycles. The van der Waals surface area contributed by atoms with Crippen LogP contribution in [-0.4, -0.2) is 59.6 Å². The van der Waals surface area contributed by atoms with Crippen molar-refractivity contribution in [1.82, 2.24) is 14.9 Å². The van der Waals surface area contributed by atoms with E-state index in [0.29, 0.717) is 17.7 Å². The van der Waals surface area contributed by atoms with Gasteiger partial charge >= 0.3 is 0 Å². The van der Waals surface area contributed by atoms with Crippen molar-refractivity contribution in [2.75, 3.05) is 17.9 Å². The van der Waals surface area contributed by atoms with Crippen LogP contribution < -0.4 is 9.46 Å². The summed E-state index contributed by atoms with van der Waals surface area (Å²) >= 11 is 0. The van der Waals surface area contributed by atoms with Crippen LogP contribution in [0.1, 0.15) is 67.4 Å². The van der Waals surface area contributed by atoms with Gasteiger partial charge in [-0.1, -0.05) is 38.1 Å². The Morgan fingerprint density at radius 2 is 1.71 bits per heavy atom. The Hall–Kier alpha value is -3.50. The summed E-state index contributed by atoms with van der Waals surface area (Å²) in [6.45, 7) is 8.54. The zero-order chi connectivity index (χ0) is 30.0. The highest BCUT2D eigenvalue weighted by molar-refractivity contribution is 7.92. The zero-order valence-corrected chi connectivity index (χ0v) is 25.5. The lowest BCUT2D eigenvalue weighted by atomic mass is 9.84. The fraction of sp³-hybridized carbons (Fsp3) is 0.469. The molecule has 0 unspecified atom stereocenters. The number of amides is 1. The van der Waals surface area contributed by atoms with E-state index in [9.17, 15) is 18.3 Å². The molecule has 0 radical (unpaired) electrons. The van der Waals surface area contributed by atoms with Crippen LogP contribution >= 0.6 is 0 Å². The quantitative estimate of drug-likeness (QED) is 0.409. The van der Waals surface area contributed by atoms with E-state index in [2.05, 4.69) is 28.5 Å². The molecule has 1 aliphatic heterocycles. The molecule has 2 aromatic carbocycles. The zero-order valence-electron chi connectivity index (χ0n) is 24.7. The molecule has 2 aliphatic rings. The van der Waals surface area contributed by atoms with Gasteiger partial charge in [-0.15, -0.1) is 0 Å². The highest BCUT2D eigenvalue weighted by Crippen LogP contribution is 2.33. The van der Waals surface area contributed by atoms with E-state index in [1.165, 1.54) is 12.1 Å². The molecule has 0 saturated heterocycles. The SMILES string of the molecule is Cc1cccc(C)c1-c1cc2nc(n1)NS(=O)(=O)c1cccc(c1)C(=O)N(C1CCC(CO)CC1)[C@H](CC(C)C)CO2.